The first-order valence-electron chi connectivity index (χ1n) is 5.77. The van der Waals surface area contributed by atoms with Crippen LogP contribution >= 0.6 is 15.9 Å². The fourth-order valence-electron chi connectivity index (χ4n) is 1.37. The summed E-state index contributed by atoms with van der Waals surface area (Å²) in [5, 5.41) is 0. The van der Waals surface area contributed by atoms with Crippen LogP contribution in [0.25, 0.3) is 0 Å². The molecule has 1 unspecified atom stereocenters. The highest BCUT2D eigenvalue weighted by Gasteiger charge is 2.15. The van der Waals surface area contributed by atoms with Gasteiger partial charge in [-0.1, -0.05) is 28.9 Å². The van der Waals surface area contributed by atoms with Crippen LogP contribution in [0.4, 0.5) is 0 Å². The van der Waals surface area contributed by atoms with E-state index < -0.39 is 9.84 Å². The topological polar surface area (TPSA) is 69.4 Å². The molecular formula is C12H18BrNO3S. The highest BCUT2D eigenvalue weighted by molar-refractivity contribution is 9.10. The van der Waals surface area contributed by atoms with E-state index in [-0.39, 0.29) is 24.2 Å². The van der Waals surface area contributed by atoms with Gasteiger partial charge in [-0.25, -0.2) is 8.42 Å². The van der Waals surface area contributed by atoms with Gasteiger partial charge in [-0.15, -0.1) is 0 Å². The van der Waals surface area contributed by atoms with Crippen molar-refractivity contribution in [3.8, 4) is 5.75 Å². The quantitative estimate of drug-likeness (QED) is 0.827. The molecule has 4 nitrogen and oxygen atoms in total. The predicted molar refractivity (Wildman–Crippen MR) is 76.6 cm³/mol. The molecule has 1 aromatic carbocycles. The van der Waals surface area contributed by atoms with Crippen molar-refractivity contribution in [2.45, 2.75) is 19.4 Å². The summed E-state index contributed by atoms with van der Waals surface area (Å²) in [7, 11) is -3.13. The van der Waals surface area contributed by atoms with E-state index in [0.717, 1.165) is 4.47 Å². The smallest absolute Gasteiger partial charge is 0.155 e. The van der Waals surface area contributed by atoms with Gasteiger partial charge in [0.05, 0.1) is 11.5 Å². The summed E-state index contributed by atoms with van der Waals surface area (Å²) >= 11 is 3.32. The number of halogens is 1. The molecule has 0 saturated heterocycles. The maximum Gasteiger partial charge on any atom is 0.155 e. The van der Waals surface area contributed by atoms with Crippen molar-refractivity contribution in [1.82, 2.24) is 0 Å². The maximum atomic E-state index is 11.7. The molecule has 0 aliphatic heterocycles. The third-order valence-corrected chi connectivity index (χ3v) is 4.67. The Morgan fingerprint density at radius 2 is 2.17 bits per heavy atom. The van der Waals surface area contributed by atoms with E-state index in [1.54, 1.807) is 12.1 Å². The van der Waals surface area contributed by atoms with Gasteiger partial charge in [0.15, 0.2) is 9.84 Å². The molecule has 1 atom stereocenters. The predicted octanol–water partition coefficient (Wildman–Crippen LogP) is 1.98. The van der Waals surface area contributed by atoms with Gasteiger partial charge in [-0.2, -0.15) is 0 Å². The van der Waals surface area contributed by atoms with Crippen LogP contribution in [0.2, 0.25) is 0 Å². The molecule has 0 aromatic heterocycles. The standard InChI is InChI=1S/C12H18BrNO3S/c1-2-11(14)9-18(15,16)7-6-17-12-5-3-4-10(13)8-12/h3-5,8,11H,2,6-7,9,14H2,1H3. The lowest BCUT2D eigenvalue weighted by molar-refractivity contribution is 0.340. The summed E-state index contributed by atoms with van der Waals surface area (Å²) in [4.78, 5) is 0. The summed E-state index contributed by atoms with van der Waals surface area (Å²) in [5.41, 5.74) is 5.64. The van der Waals surface area contributed by atoms with E-state index in [0.29, 0.717) is 12.2 Å². The molecule has 0 fully saturated rings. The number of nitrogens with two attached hydrogens (primary N) is 1. The second kappa shape index (κ2) is 7.11. The van der Waals surface area contributed by atoms with Crippen LogP contribution in [0.1, 0.15) is 13.3 Å². The molecule has 6 heteroatoms. The van der Waals surface area contributed by atoms with Gasteiger partial charge in [0.1, 0.15) is 12.4 Å². The highest BCUT2D eigenvalue weighted by atomic mass is 79.9. The van der Waals surface area contributed by atoms with Crippen LogP contribution in [0.3, 0.4) is 0 Å². The first kappa shape index (κ1) is 15.5. The van der Waals surface area contributed by atoms with E-state index in [1.807, 2.05) is 19.1 Å². The molecule has 0 radical (unpaired) electrons. The third-order valence-electron chi connectivity index (χ3n) is 2.45. The largest absolute Gasteiger partial charge is 0.492 e. The van der Waals surface area contributed by atoms with Gasteiger partial charge in [0.25, 0.3) is 0 Å². The fourth-order valence-corrected chi connectivity index (χ4v) is 3.14. The zero-order chi connectivity index (χ0) is 13.6. The molecule has 0 amide bonds. The van der Waals surface area contributed by atoms with Crippen LogP contribution in [-0.4, -0.2) is 32.6 Å². The summed E-state index contributed by atoms with van der Waals surface area (Å²) < 4.78 is 29.7. The molecular weight excluding hydrogens is 318 g/mol. The summed E-state index contributed by atoms with van der Waals surface area (Å²) in [6, 6.07) is 7.01. The fraction of sp³-hybridized carbons (Fsp3) is 0.500. The Balaban J connectivity index is 2.42. The van der Waals surface area contributed by atoms with Crippen LogP contribution in [0, 0.1) is 0 Å². The second-order valence-electron chi connectivity index (χ2n) is 4.09. The number of sulfone groups is 1. The minimum atomic E-state index is -3.13. The lowest BCUT2D eigenvalue weighted by Gasteiger charge is -2.10. The molecule has 0 aliphatic carbocycles. The lowest BCUT2D eigenvalue weighted by atomic mass is 10.3. The second-order valence-corrected chi connectivity index (χ2v) is 7.23. The third kappa shape index (κ3) is 5.84. The van der Waals surface area contributed by atoms with Crippen LogP contribution in [0.15, 0.2) is 28.7 Å². The highest BCUT2D eigenvalue weighted by Crippen LogP contribution is 2.17. The Bertz CT molecular complexity index is 476. The summed E-state index contributed by atoms with van der Waals surface area (Å²) in [5.74, 6) is 0.665. The first-order chi connectivity index (χ1) is 8.43. The van der Waals surface area contributed by atoms with E-state index in [4.69, 9.17) is 10.5 Å². The van der Waals surface area contributed by atoms with Gasteiger partial charge in [0.2, 0.25) is 0 Å². The van der Waals surface area contributed by atoms with Gasteiger partial charge < -0.3 is 10.5 Å². The molecule has 0 bridgehead atoms. The van der Waals surface area contributed by atoms with Crippen molar-refractivity contribution >= 4 is 25.8 Å². The molecule has 0 saturated carbocycles. The lowest BCUT2D eigenvalue weighted by Crippen LogP contribution is -2.31. The molecule has 102 valence electrons. The number of rotatable bonds is 7. The SMILES string of the molecule is CCC(N)CS(=O)(=O)CCOc1cccc(Br)c1. The zero-order valence-electron chi connectivity index (χ0n) is 10.3. The average molecular weight is 336 g/mol. The zero-order valence-corrected chi connectivity index (χ0v) is 12.7. The van der Waals surface area contributed by atoms with E-state index in [2.05, 4.69) is 15.9 Å². The van der Waals surface area contributed by atoms with Crippen LogP contribution < -0.4 is 10.5 Å². The van der Waals surface area contributed by atoms with Crippen molar-refractivity contribution in [2.24, 2.45) is 5.73 Å². The van der Waals surface area contributed by atoms with Crippen molar-refractivity contribution < 1.29 is 13.2 Å². The Morgan fingerprint density at radius 1 is 1.44 bits per heavy atom. The monoisotopic (exact) mass is 335 g/mol. The summed E-state index contributed by atoms with van der Waals surface area (Å²) in [6.07, 6.45) is 0.658. The number of hydrogen-bond acceptors (Lipinski definition) is 4. The van der Waals surface area contributed by atoms with Crippen molar-refractivity contribution in [3.05, 3.63) is 28.7 Å². The Labute approximate surface area is 117 Å². The van der Waals surface area contributed by atoms with E-state index in [9.17, 15) is 8.42 Å². The minimum Gasteiger partial charge on any atom is -0.492 e. The Hall–Kier alpha value is -0.590. The van der Waals surface area contributed by atoms with E-state index in [1.165, 1.54) is 0 Å². The normalized spacial score (nSPS) is 13.3. The van der Waals surface area contributed by atoms with Crippen molar-refractivity contribution in [2.75, 3.05) is 18.1 Å². The molecule has 1 aromatic rings. The van der Waals surface area contributed by atoms with Gasteiger partial charge in [-0.05, 0) is 24.6 Å². The molecule has 0 aliphatic rings. The number of benzene rings is 1. The van der Waals surface area contributed by atoms with Gasteiger partial charge in [-0.3, -0.25) is 0 Å². The number of hydrogen-bond donors (Lipinski definition) is 1. The Morgan fingerprint density at radius 3 is 2.78 bits per heavy atom. The first-order valence-corrected chi connectivity index (χ1v) is 8.39. The van der Waals surface area contributed by atoms with Gasteiger partial charge in [0, 0.05) is 10.5 Å². The average Bonchev–Trinajstić information content (AvgIpc) is 2.28. The van der Waals surface area contributed by atoms with Crippen LogP contribution in [0.5, 0.6) is 5.75 Å². The maximum absolute atomic E-state index is 11.7. The molecule has 18 heavy (non-hydrogen) atoms. The molecule has 1 rings (SSSR count). The number of ether oxygens (including phenoxy) is 1. The molecule has 0 spiro atoms. The molecule has 2 N–H and O–H groups in total. The minimum absolute atomic E-state index is 0.00673. The van der Waals surface area contributed by atoms with Crippen molar-refractivity contribution in [1.29, 1.82) is 0 Å². The Kier molecular flexibility index (Phi) is 6.11. The van der Waals surface area contributed by atoms with Gasteiger partial charge >= 0.3 is 0 Å². The van der Waals surface area contributed by atoms with E-state index >= 15 is 0 Å². The summed E-state index contributed by atoms with van der Waals surface area (Å²) in [6.45, 7) is 2.02. The molecule has 0 heterocycles. The van der Waals surface area contributed by atoms with Crippen LogP contribution in [-0.2, 0) is 9.84 Å². The van der Waals surface area contributed by atoms with Crippen molar-refractivity contribution in [3.63, 3.8) is 0 Å².